The van der Waals surface area contributed by atoms with Gasteiger partial charge in [0.2, 0.25) is 0 Å². The van der Waals surface area contributed by atoms with Gasteiger partial charge in [-0.05, 0) is 18.2 Å². The summed E-state index contributed by atoms with van der Waals surface area (Å²) in [5, 5.41) is 4.43. The minimum atomic E-state index is -0.364. The van der Waals surface area contributed by atoms with Gasteiger partial charge >= 0.3 is 0 Å². The molecule has 0 saturated carbocycles. The molecule has 1 fully saturated rings. The van der Waals surface area contributed by atoms with E-state index in [0.29, 0.717) is 0 Å². The van der Waals surface area contributed by atoms with E-state index in [9.17, 15) is 4.39 Å². The molecule has 4 heteroatoms. The number of benzene rings is 1. The molecule has 1 aliphatic heterocycles. The fourth-order valence-corrected chi connectivity index (χ4v) is 1.72. The van der Waals surface area contributed by atoms with E-state index in [1.165, 1.54) is 6.07 Å². The van der Waals surface area contributed by atoms with Crippen molar-refractivity contribution in [2.75, 3.05) is 31.1 Å². The van der Waals surface area contributed by atoms with Gasteiger partial charge in [0.15, 0.2) is 0 Å². The van der Waals surface area contributed by atoms with Crippen LogP contribution in [0.3, 0.4) is 0 Å². The van der Waals surface area contributed by atoms with E-state index in [4.69, 9.17) is 11.6 Å². The molecule has 0 aliphatic carbocycles. The van der Waals surface area contributed by atoms with Crippen molar-refractivity contribution in [2.45, 2.75) is 0 Å². The van der Waals surface area contributed by atoms with Crippen molar-refractivity contribution in [3.63, 3.8) is 0 Å². The lowest BCUT2D eigenvalue weighted by atomic mass is 10.2. The normalized spacial score (nSPS) is 17.1. The Labute approximate surface area is 87.7 Å². The highest BCUT2D eigenvalue weighted by Crippen LogP contribution is 2.22. The number of piperazine rings is 1. The smallest absolute Gasteiger partial charge is 0.141 e. The highest BCUT2D eigenvalue weighted by molar-refractivity contribution is 6.31. The van der Waals surface area contributed by atoms with Crippen LogP contribution in [0.4, 0.5) is 10.1 Å². The number of rotatable bonds is 1. The van der Waals surface area contributed by atoms with Gasteiger partial charge in [0, 0.05) is 31.9 Å². The maximum absolute atomic E-state index is 12.9. The molecule has 75 valence electrons. The van der Waals surface area contributed by atoms with Crippen molar-refractivity contribution in [3.8, 4) is 0 Å². The van der Waals surface area contributed by atoms with E-state index in [0.717, 1.165) is 31.9 Å². The highest BCUT2D eigenvalue weighted by Gasteiger charge is 2.12. The van der Waals surface area contributed by atoms with Gasteiger partial charge in [-0.1, -0.05) is 11.6 Å². The van der Waals surface area contributed by atoms with Crippen LogP contribution >= 0.6 is 11.6 Å². The first-order valence-corrected chi connectivity index (χ1v) is 4.98. The summed E-state index contributed by atoms with van der Waals surface area (Å²) in [6.07, 6.45) is 0. The van der Waals surface area contributed by atoms with Gasteiger partial charge in [0.05, 0.1) is 5.02 Å². The minimum Gasteiger partial charge on any atom is -0.369 e. The van der Waals surface area contributed by atoms with Crippen LogP contribution in [0.15, 0.2) is 18.2 Å². The van der Waals surface area contributed by atoms with Gasteiger partial charge in [-0.3, -0.25) is 0 Å². The summed E-state index contributed by atoms with van der Waals surface area (Å²) in [6, 6.07) is 4.83. The fourth-order valence-electron chi connectivity index (χ4n) is 1.55. The number of hydrogen-bond donors (Lipinski definition) is 0. The topological polar surface area (TPSA) is 17.3 Å². The minimum absolute atomic E-state index is 0.185. The molecule has 0 spiro atoms. The molecule has 0 amide bonds. The van der Waals surface area contributed by atoms with E-state index in [-0.39, 0.29) is 10.8 Å². The van der Waals surface area contributed by atoms with Crippen molar-refractivity contribution >= 4 is 17.3 Å². The molecule has 0 atom stereocenters. The summed E-state index contributed by atoms with van der Waals surface area (Å²) in [6.45, 7) is 3.47. The first-order chi connectivity index (χ1) is 6.77. The van der Waals surface area contributed by atoms with Crippen molar-refractivity contribution < 1.29 is 4.39 Å². The predicted octanol–water partition coefficient (Wildman–Crippen LogP) is 1.90. The van der Waals surface area contributed by atoms with Crippen LogP contribution in [0.2, 0.25) is 5.02 Å². The largest absolute Gasteiger partial charge is 0.369 e. The van der Waals surface area contributed by atoms with Crippen molar-refractivity contribution in [3.05, 3.63) is 29.0 Å². The summed E-state index contributed by atoms with van der Waals surface area (Å²) >= 11 is 5.71. The molecule has 1 heterocycles. The Balaban J connectivity index is 2.18. The van der Waals surface area contributed by atoms with Crippen LogP contribution < -0.4 is 10.2 Å². The number of nitrogens with zero attached hydrogens (tertiary/aromatic N) is 2. The van der Waals surface area contributed by atoms with E-state index in [1.807, 2.05) is 0 Å². The van der Waals surface area contributed by atoms with E-state index in [1.54, 1.807) is 12.1 Å². The first-order valence-electron chi connectivity index (χ1n) is 4.60. The van der Waals surface area contributed by atoms with Gasteiger partial charge in [-0.15, -0.1) is 0 Å². The first kappa shape index (κ1) is 9.74. The Bertz CT molecular complexity index is 324. The molecule has 1 aliphatic rings. The summed E-state index contributed by atoms with van der Waals surface area (Å²) in [7, 11) is 0. The van der Waals surface area contributed by atoms with Gasteiger partial charge in [0.25, 0.3) is 0 Å². The van der Waals surface area contributed by atoms with Gasteiger partial charge in [0.1, 0.15) is 5.82 Å². The standard InChI is InChI=1S/C10H11ClFN2/c11-9-7-8(1-2-10(9)12)14-5-3-13-4-6-14/h1-2,7H,3-6H2. The van der Waals surface area contributed by atoms with Crippen molar-refractivity contribution in [1.82, 2.24) is 5.32 Å². The third kappa shape index (κ3) is 1.99. The number of halogens is 2. The maximum atomic E-state index is 12.9. The molecule has 0 unspecified atom stereocenters. The molecule has 0 bridgehead atoms. The van der Waals surface area contributed by atoms with Gasteiger partial charge < -0.3 is 4.90 Å². The van der Waals surface area contributed by atoms with Crippen molar-refractivity contribution in [1.29, 1.82) is 0 Å². The predicted molar refractivity (Wildman–Crippen MR) is 55.5 cm³/mol. The van der Waals surface area contributed by atoms with Crippen LogP contribution in [0, 0.1) is 5.82 Å². The Morgan fingerprint density at radius 1 is 1.29 bits per heavy atom. The van der Waals surface area contributed by atoms with E-state index in [2.05, 4.69) is 10.2 Å². The Hall–Kier alpha value is -0.800. The number of anilines is 1. The number of hydrogen-bond acceptors (Lipinski definition) is 1. The molecular weight excluding hydrogens is 203 g/mol. The molecule has 1 aromatic carbocycles. The van der Waals surface area contributed by atoms with Crippen LogP contribution in [0.25, 0.3) is 0 Å². The highest BCUT2D eigenvalue weighted by atomic mass is 35.5. The molecule has 1 aromatic rings. The van der Waals surface area contributed by atoms with Crippen LogP contribution in [-0.2, 0) is 0 Å². The van der Waals surface area contributed by atoms with Crippen LogP contribution in [-0.4, -0.2) is 26.2 Å². The SMILES string of the molecule is Fc1ccc(N2CC[N]CC2)cc1Cl. The molecule has 0 aromatic heterocycles. The second-order valence-corrected chi connectivity index (χ2v) is 3.66. The Morgan fingerprint density at radius 3 is 2.64 bits per heavy atom. The lowest BCUT2D eigenvalue weighted by molar-refractivity contribution is 0.578. The van der Waals surface area contributed by atoms with Crippen molar-refractivity contribution in [2.24, 2.45) is 0 Å². The molecule has 14 heavy (non-hydrogen) atoms. The second kappa shape index (κ2) is 4.15. The second-order valence-electron chi connectivity index (χ2n) is 3.26. The van der Waals surface area contributed by atoms with E-state index >= 15 is 0 Å². The summed E-state index contributed by atoms with van der Waals surface area (Å²) in [5.74, 6) is -0.364. The average molecular weight is 214 g/mol. The maximum Gasteiger partial charge on any atom is 0.141 e. The zero-order valence-electron chi connectivity index (χ0n) is 7.71. The summed E-state index contributed by atoms with van der Waals surface area (Å²) in [5.41, 5.74) is 0.978. The quantitative estimate of drug-likeness (QED) is 0.697. The molecular formula is C10H11ClFN2. The van der Waals surface area contributed by atoms with Crippen LogP contribution in [0.5, 0.6) is 0 Å². The van der Waals surface area contributed by atoms with Gasteiger partial charge in [-0.25, -0.2) is 9.71 Å². The fraction of sp³-hybridized carbons (Fsp3) is 0.400. The Kier molecular flexibility index (Phi) is 2.89. The molecule has 2 rings (SSSR count). The van der Waals surface area contributed by atoms with Crippen LogP contribution in [0.1, 0.15) is 0 Å². The Morgan fingerprint density at radius 2 is 2.00 bits per heavy atom. The third-order valence-corrected chi connectivity index (χ3v) is 2.61. The monoisotopic (exact) mass is 213 g/mol. The van der Waals surface area contributed by atoms with Gasteiger partial charge in [-0.2, -0.15) is 0 Å². The molecule has 2 nitrogen and oxygen atoms in total. The summed E-state index contributed by atoms with van der Waals surface area (Å²) in [4.78, 5) is 2.16. The molecule has 1 saturated heterocycles. The summed E-state index contributed by atoms with van der Waals surface area (Å²) < 4.78 is 12.9. The lowest BCUT2D eigenvalue weighted by Crippen LogP contribution is -2.40. The van der Waals surface area contributed by atoms with E-state index < -0.39 is 0 Å². The molecule has 0 N–H and O–H groups in total. The zero-order chi connectivity index (χ0) is 9.97. The third-order valence-electron chi connectivity index (χ3n) is 2.32. The zero-order valence-corrected chi connectivity index (χ0v) is 8.47. The molecule has 1 radical (unpaired) electrons. The average Bonchev–Trinajstić information content (AvgIpc) is 2.23. The lowest BCUT2D eigenvalue weighted by Gasteiger charge is -2.28.